The molecule has 0 aliphatic carbocycles. The van der Waals surface area contributed by atoms with E-state index in [0.717, 1.165) is 31.9 Å². The van der Waals surface area contributed by atoms with E-state index in [4.69, 9.17) is 4.74 Å². The van der Waals surface area contributed by atoms with Gasteiger partial charge in [-0.05, 0) is 12.5 Å². The van der Waals surface area contributed by atoms with Crippen LogP contribution in [0, 0.1) is 0 Å². The number of imidazole rings is 1. The van der Waals surface area contributed by atoms with E-state index in [1.165, 1.54) is 10.1 Å². The van der Waals surface area contributed by atoms with Crippen LogP contribution < -0.4 is 11.2 Å². The number of nitrogens with zero attached hydrogens (tertiary/aromatic N) is 4. The van der Waals surface area contributed by atoms with Gasteiger partial charge in [0.2, 0.25) is 0 Å². The maximum Gasteiger partial charge on any atom is 0.329 e. The quantitative estimate of drug-likeness (QED) is 0.745. The number of hydrogen-bond donors (Lipinski definition) is 1. The summed E-state index contributed by atoms with van der Waals surface area (Å²) in [6.45, 7) is 5.62. The summed E-state index contributed by atoms with van der Waals surface area (Å²) in [6, 6.07) is 8.53. The van der Waals surface area contributed by atoms with E-state index in [9.17, 15) is 9.59 Å². The van der Waals surface area contributed by atoms with Crippen LogP contribution in [-0.2, 0) is 18.8 Å². The van der Waals surface area contributed by atoms with Gasteiger partial charge < -0.3 is 9.30 Å². The molecular weight excluding hydrogens is 346 g/mol. The lowest BCUT2D eigenvalue weighted by molar-refractivity contribution is 0.0198. The number of aromatic nitrogens is 4. The van der Waals surface area contributed by atoms with Crippen LogP contribution in [0.3, 0.4) is 0 Å². The fourth-order valence-electron chi connectivity index (χ4n) is 3.65. The Morgan fingerprint density at radius 3 is 2.41 bits per heavy atom. The first-order chi connectivity index (χ1) is 13.0. The molecule has 27 heavy (non-hydrogen) atoms. The van der Waals surface area contributed by atoms with Gasteiger partial charge in [0.05, 0.1) is 13.2 Å². The van der Waals surface area contributed by atoms with Gasteiger partial charge in [-0.2, -0.15) is 0 Å². The molecular formula is C19H23N5O3. The summed E-state index contributed by atoms with van der Waals surface area (Å²) in [7, 11) is 3.39. The Bertz CT molecular complexity index is 1090. The standard InChI is InChI=1S/C19H23N5O3/c1-12(24-8-10-27-11-9-24)13-4-6-14(7-5-13)16-20-17-15(22(16)2)18(25)21-19(26)23(17)3/h4-7,12H,8-11H2,1-3H3,(H,21,25,26)/t12-/m0/s1. The second kappa shape index (κ2) is 6.79. The molecule has 0 saturated carbocycles. The Labute approximate surface area is 156 Å². The van der Waals surface area contributed by atoms with Crippen molar-refractivity contribution in [3.05, 3.63) is 50.7 Å². The SMILES string of the molecule is C[C@@H](c1ccc(-c2nc3c(c(=O)[nH]c(=O)n3C)n2C)cc1)N1CCOCC1. The Morgan fingerprint density at radius 2 is 1.74 bits per heavy atom. The van der Waals surface area contributed by atoms with Crippen LogP contribution in [-0.4, -0.2) is 50.3 Å². The van der Waals surface area contributed by atoms with Crippen molar-refractivity contribution >= 4 is 11.2 Å². The van der Waals surface area contributed by atoms with Gasteiger partial charge in [0.15, 0.2) is 11.2 Å². The lowest BCUT2D eigenvalue weighted by Gasteiger charge is -2.32. The summed E-state index contributed by atoms with van der Waals surface area (Å²) in [5.74, 6) is 0.655. The largest absolute Gasteiger partial charge is 0.379 e. The van der Waals surface area contributed by atoms with Crippen molar-refractivity contribution < 1.29 is 4.74 Å². The average Bonchev–Trinajstić information content (AvgIpc) is 3.04. The number of aromatic amines is 1. The molecule has 1 aliphatic heterocycles. The lowest BCUT2D eigenvalue weighted by Crippen LogP contribution is -2.37. The second-order valence-electron chi connectivity index (χ2n) is 6.93. The van der Waals surface area contributed by atoms with Crippen LogP contribution in [0.25, 0.3) is 22.6 Å². The van der Waals surface area contributed by atoms with Gasteiger partial charge in [-0.25, -0.2) is 9.78 Å². The fourth-order valence-corrected chi connectivity index (χ4v) is 3.65. The number of benzene rings is 1. The molecule has 4 rings (SSSR count). The maximum absolute atomic E-state index is 12.2. The molecule has 1 N–H and O–H groups in total. The van der Waals surface area contributed by atoms with Crippen LogP contribution in [0.2, 0.25) is 0 Å². The van der Waals surface area contributed by atoms with Gasteiger partial charge >= 0.3 is 5.69 Å². The molecule has 0 bridgehead atoms. The highest BCUT2D eigenvalue weighted by molar-refractivity contribution is 5.76. The zero-order chi connectivity index (χ0) is 19.1. The molecule has 0 amide bonds. The summed E-state index contributed by atoms with van der Waals surface area (Å²) < 4.78 is 8.51. The van der Waals surface area contributed by atoms with E-state index in [-0.39, 0.29) is 0 Å². The topological polar surface area (TPSA) is 85.2 Å². The number of morpholine rings is 1. The van der Waals surface area contributed by atoms with Gasteiger partial charge in [0.25, 0.3) is 5.56 Å². The predicted molar refractivity (Wildman–Crippen MR) is 103 cm³/mol. The molecule has 8 nitrogen and oxygen atoms in total. The van der Waals surface area contributed by atoms with Crippen molar-refractivity contribution in [3.8, 4) is 11.4 Å². The van der Waals surface area contributed by atoms with E-state index in [2.05, 4.69) is 33.9 Å². The third-order valence-corrected chi connectivity index (χ3v) is 5.38. The number of fused-ring (bicyclic) bond motifs is 1. The van der Waals surface area contributed by atoms with Gasteiger partial charge in [0.1, 0.15) is 5.82 Å². The number of nitrogens with one attached hydrogen (secondary N) is 1. The van der Waals surface area contributed by atoms with E-state index in [0.29, 0.717) is 23.0 Å². The second-order valence-corrected chi connectivity index (χ2v) is 6.93. The van der Waals surface area contributed by atoms with Crippen molar-refractivity contribution in [2.75, 3.05) is 26.3 Å². The minimum atomic E-state index is -0.466. The van der Waals surface area contributed by atoms with Gasteiger partial charge in [-0.15, -0.1) is 0 Å². The molecule has 3 aromatic rings. The van der Waals surface area contributed by atoms with E-state index >= 15 is 0 Å². The van der Waals surface area contributed by atoms with Crippen molar-refractivity contribution in [2.24, 2.45) is 14.1 Å². The Balaban J connectivity index is 1.71. The van der Waals surface area contributed by atoms with Gasteiger partial charge in [-0.3, -0.25) is 19.2 Å². The maximum atomic E-state index is 12.2. The zero-order valence-electron chi connectivity index (χ0n) is 15.7. The first kappa shape index (κ1) is 17.7. The molecule has 1 fully saturated rings. The molecule has 1 aromatic carbocycles. The monoisotopic (exact) mass is 369 g/mol. The summed E-state index contributed by atoms with van der Waals surface area (Å²) in [6.07, 6.45) is 0. The number of hydrogen-bond acceptors (Lipinski definition) is 5. The smallest absolute Gasteiger partial charge is 0.329 e. The van der Waals surface area contributed by atoms with Gasteiger partial charge in [0, 0.05) is 38.8 Å². The zero-order valence-corrected chi connectivity index (χ0v) is 15.7. The number of rotatable bonds is 3. The Morgan fingerprint density at radius 1 is 1.07 bits per heavy atom. The number of aryl methyl sites for hydroxylation is 2. The van der Waals surface area contributed by atoms with Crippen LogP contribution in [0.5, 0.6) is 0 Å². The predicted octanol–water partition coefficient (Wildman–Crippen LogP) is 1.02. The minimum absolute atomic E-state index is 0.312. The third-order valence-electron chi connectivity index (χ3n) is 5.38. The summed E-state index contributed by atoms with van der Waals surface area (Å²) in [4.78, 5) is 33.3. The van der Waals surface area contributed by atoms with Crippen molar-refractivity contribution in [3.63, 3.8) is 0 Å². The summed E-state index contributed by atoms with van der Waals surface area (Å²) in [5, 5.41) is 0. The number of H-pyrrole nitrogens is 1. The molecule has 1 atom stereocenters. The molecule has 8 heteroatoms. The van der Waals surface area contributed by atoms with Crippen LogP contribution in [0.15, 0.2) is 33.9 Å². The van der Waals surface area contributed by atoms with Gasteiger partial charge in [-0.1, -0.05) is 24.3 Å². The first-order valence-corrected chi connectivity index (χ1v) is 9.05. The highest BCUT2D eigenvalue weighted by Gasteiger charge is 2.19. The molecule has 1 saturated heterocycles. The molecule has 142 valence electrons. The molecule has 2 aromatic heterocycles. The molecule has 0 radical (unpaired) electrons. The molecule has 1 aliphatic rings. The first-order valence-electron chi connectivity index (χ1n) is 9.05. The third kappa shape index (κ3) is 3.00. The summed E-state index contributed by atoms with van der Waals surface area (Å²) >= 11 is 0. The van der Waals surface area contributed by atoms with Crippen LogP contribution >= 0.6 is 0 Å². The number of ether oxygens (including phenoxy) is 1. The van der Waals surface area contributed by atoms with Crippen molar-refractivity contribution in [2.45, 2.75) is 13.0 Å². The van der Waals surface area contributed by atoms with Crippen LogP contribution in [0.1, 0.15) is 18.5 Å². The van der Waals surface area contributed by atoms with E-state index in [1.54, 1.807) is 18.7 Å². The molecule has 0 unspecified atom stereocenters. The van der Waals surface area contributed by atoms with Crippen molar-refractivity contribution in [1.82, 2.24) is 24.0 Å². The minimum Gasteiger partial charge on any atom is -0.379 e. The summed E-state index contributed by atoms with van der Waals surface area (Å²) in [5.41, 5.74) is 2.01. The van der Waals surface area contributed by atoms with E-state index < -0.39 is 11.2 Å². The fraction of sp³-hybridized carbons (Fsp3) is 0.421. The van der Waals surface area contributed by atoms with E-state index in [1.807, 2.05) is 12.1 Å². The molecule has 3 heterocycles. The average molecular weight is 369 g/mol. The lowest BCUT2D eigenvalue weighted by atomic mass is 10.0. The Hall–Kier alpha value is -2.71. The Kier molecular flexibility index (Phi) is 4.45. The highest BCUT2D eigenvalue weighted by Crippen LogP contribution is 2.26. The van der Waals surface area contributed by atoms with Crippen molar-refractivity contribution in [1.29, 1.82) is 0 Å². The normalized spacial score (nSPS) is 16.7. The van der Waals surface area contributed by atoms with Crippen LogP contribution in [0.4, 0.5) is 0 Å². The highest BCUT2D eigenvalue weighted by atomic mass is 16.5. The molecule has 0 spiro atoms.